The molecule has 8 nitrogen and oxygen atoms in total. The first-order valence-electron chi connectivity index (χ1n) is 5.85. The standard InChI is InChI=1S/C11H17N5O3/c1-2-3-4-5-12-11(19)13-6-9-7-16(15-14-9)8-10(17)18/h2-3,7H,4-6,8H2,1H3,(H,17,18)(H2,12,13,19)/b3-2+. The van der Waals surface area contributed by atoms with Crippen molar-refractivity contribution in [2.45, 2.75) is 26.4 Å². The fourth-order valence-electron chi connectivity index (χ4n) is 1.30. The van der Waals surface area contributed by atoms with E-state index in [-0.39, 0.29) is 19.1 Å². The fourth-order valence-corrected chi connectivity index (χ4v) is 1.30. The summed E-state index contributed by atoms with van der Waals surface area (Å²) in [5.41, 5.74) is 0.504. The van der Waals surface area contributed by atoms with Crippen molar-refractivity contribution in [3.8, 4) is 0 Å². The van der Waals surface area contributed by atoms with Crippen LogP contribution in [0.25, 0.3) is 0 Å². The molecule has 0 radical (unpaired) electrons. The van der Waals surface area contributed by atoms with Crippen molar-refractivity contribution >= 4 is 12.0 Å². The lowest BCUT2D eigenvalue weighted by Crippen LogP contribution is -2.35. The molecule has 0 fully saturated rings. The average molecular weight is 267 g/mol. The van der Waals surface area contributed by atoms with E-state index in [1.54, 1.807) is 0 Å². The highest BCUT2D eigenvalue weighted by Crippen LogP contribution is 1.92. The van der Waals surface area contributed by atoms with Crippen LogP contribution in [0.3, 0.4) is 0 Å². The lowest BCUT2D eigenvalue weighted by Gasteiger charge is -2.04. The number of allylic oxidation sites excluding steroid dienone is 1. The summed E-state index contributed by atoms with van der Waals surface area (Å²) in [5.74, 6) is -0.994. The van der Waals surface area contributed by atoms with Crippen LogP contribution in [0.1, 0.15) is 19.0 Å². The van der Waals surface area contributed by atoms with Crippen LogP contribution in [-0.4, -0.2) is 38.6 Å². The summed E-state index contributed by atoms with van der Waals surface area (Å²) < 4.78 is 1.20. The second-order valence-electron chi connectivity index (χ2n) is 3.77. The summed E-state index contributed by atoms with van der Waals surface area (Å²) in [6, 6.07) is -0.294. The second-order valence-corrected chi connectivity index (χ2v) is 3.77. The fraction of sp³-hybridized carbons (Fsp3) is 0.455. The van der Waals surface area contributed by atoms with Gasteiger partial charge >= 0.3 is 12.0 Å². The van der Waals surface area contributed by atoms with Gasteiger partial charge in [-0.1, -0.05) is 17.4 Å². The number of nitrogens with zero attached hydrogens (tertiary/aromatic N) is 3. The third kappa shape index (κ3) is 6.20. The molecule has 1 aromatic heterocycles. The molecule has 0 unspecified atom stereocenters. The monoisotopic (exact) mass is 267 g/mol. The van der Waals surface area contributed by atoms with Crippen LogP contribution >= 0.6 is 0 Å². The Labute approximate surface area is 110 Å². The lowest BCUT2D eigenvalue weighted by atomic mass is 10.4. The van der Waals surface area contributed by atoms with E-state index in [2.05, 4.69) is 20.9 Å². The van der Waals surface area contributed by atoms with Crippen LogP contribution in [0.4, 0.5) is 4.79 Å². The van der Waals surface area contributed by atoms with E-state index >= 15 is 0 Å². The van der Waals surface area contributed by atoms with Gasteiger partial charge in [-0.05, 0) is 13.3 Å². The van der Waals surface area contributed by atoms with Crippen molar-refractivity contribution in [1.82, 2.24) is 25.6 Å². The minimum Gasteiger partial charge on any atom is -0.480 e. The van der Waals surface area contributed by atoms with Crippen LogP contribution in [0.15, 0.2) is 18.3 Å². The first kappa shape index (κ1) is 14.7. The van der Waals surface area contributed by atoms with Gasteiger partial charge in [0.1, 0.15) is 12.2 Å². The predicted molar refractivity (Wildman–Crippen MR) is 67.3 cm³/mol. The summed E-state index contributed by atoms with van der Waals surface area (Å²) in [7, 11) is 0. The van der Waals surface area contributed by atoms with Crippen LogP contribution in [-0.2, 0) is 17.9 Å². The van der Waals surface area contributed by atoms with E-state index in [1.807, 2.05) is 19.1 Å². The highest BCUT2D eigenvalue weighted by atomic mass is 16.4. The number of nitrogens with one attached hydrogen (secondary N) is 2. The predicted octanol–water partition coefficient (Wildman–Crippen LogP) is 0.128. The zero-order valence-electron chi connectivity index (χ0n) is 10.7. The smallest absolute Gasteiger partial charge is 0.325 e. The third-order valence-corrected chi connectivity index (χ3v) is 2.15. The number of amides is 2. The molecule has 0 aliphatic rings. The molecule has 0 aliphatic heterocycles. The number of hydrogen-bond donors (Lipinski definition) is 3. The maximum atomic E-state index is 11.4. The lowest BCUT2D eigenvalue weighted by molar-refractivity contribution is -0.137. The minimum atomic E-state index is -0.994. The quantitative estimate of drug-likeness (QED) is 0.480. The van der Waals surface area contributed by atoms with E-state index in [0.29, 0.717) is 12.2 Å². The van der Waals surface area contributed by atoms with E-state index in [1.165, 1.54) is 10.9 Å². The van der Waals surface area contributed by atoms with Gasteiger partial charge in [0.15, 0.2) is 0 Å². The van der Waals surface area contributed by atoms with E-state index in [0.717, 1.165) is 6.42 Å². The van der Waals surface area contributed by atoms with Gasteiger partial charge in [-0.3, -0.25) is 4.79 Å². The highest BCUT2D eigenvalue weighted by Gasteiger charge is 2.05. The van der Waals surface area contributed by atoms with Gasteiger partial charge in [0.25, 0.3) is 0 Å². The molecule has 1 rings (SSSR count). The Balaban J connectivity index is 2.26. The molecule has 0 aromatic carbocycles. The SMILES string of the molecule is C/C=C/CCNC(=O)NCc1cn(CC(=O)O)nn1. The van der Waals surface area contributed by atoms with Crippen LogP contribution in [0, 0.1) is 0 Å². The molecule has 104 valence electrons. The molecule has 19 heavy (non-hydrogen) atoms. The van der Waals surface area contributed by atoms with E-state index in [4.69, 9.17) is 5.11 Å². The molecule has 0 saturated carbocycles. The highest BCUT2D eigenvalue weighted by molar-refractivity contribution is 5.73. The number of carbonyl (C=O) groups is 2. The molecule has 0 aliphatic carbocycles. The summed E-state index contributed by atoms with van der Waals surface area (Å²) in [4.78, 5) is 21.8. The molecule has 0 saturated heterocycles. The number of aliphatic carboxylic acids is 1. The Bertz CT molecular complexity index is 455. The molecule has 0 spiro atoms. The van der Waals surface area contributed by atoms with Crippen LogP contribution in [0.2, 0.25) is 0 Å². The summed E-state index contributed by atoms with van der Waals surface area (Å²) in [6.07, 6.45) is 6.13. The zero-order valence-corrected chi connectivity index (χ0v) is 10.7. The maximum Gasteiger partial charge on any atom is 0.325 e. The Morgan fingerprint density at radius 1 is 1.47 bits per heavy atom. The van der Waals surface area contributed by atoms with E-state index in [9.17, 15) is 9.59 Å². The van der Waals surface area contributed by atoms with Crippen molar-refractivity contribution in [3.05, 3.63) is 24.0 Å². The van der Waals surface area contributed by atoms with Gasteiger partial charge in [0.05, 0.1) is 12.7 Å². The van der Waals surface area contributed by atoms with Crippen molar-refractivity contribution in [2.75, 3.05) is 6.54 Å². The van der Waals surface area contributed by atoms with Crippen molar-refractivity contribution in [2.24, 2.45) is 0 Å². The first-order chi connectivity index (χ1) is 9.11. The van der Waals surface area contributed by atoms with Gasteiger partial charge in [0, 0.05) is 6.54 Å². The number of hydrogen-bond acceptors (Lipinski definition) is 4. The number of carboxylic acid groups (broad SMARTS) is 1. The Kier molecular flexibility index (Phi) is 6.07. The number of urea groups is 1. The zero-order chi connectivity index (χ0) is 14.1. The summed E-state index contributed by atoms with van der Waals surface area (Å²) in [6.45, 7) is 2.43. The average Bonchev–Trinajstić information content (AvgIpc) is 2.79. The molecule has 2 amide bonds. The van der Waals surface area contributed by atoms with Crippen molar-refractivity contribution in [1.29, 1.82) is 0 Å². The Morgan fingerprint density at radius 2 is 2.26 bits per heavy atom. The normalized spacial score (nSPS) is 10.6. The summed E-state index contributed by atoms with van der Waals surface area (Å²) in [5, 5.41) is 21.2. The maximum absolute atomic E-state index is 11.4. The molecular weight excluding hydrogens is 250 g/mol. The molecular formula is C11H17N5O3. The minimum absolute atomic E-state index is 0.203. The van der Waals surface area contributed by atoms with Gasteiger partial charge < -0.3 is 15.7 Å². The van der Waals surface area contributed by atoms with Crippen LogP contribution < -0.4 is 10.6 Å². The molecule has 1 heterocycles. The van der Waals surface area contributed by atoms with Gasteiger partial charge in [0.2, 0.25) is 0 Å². The van der Waals surface area contributed by atoms with Gasteiger partial charge in [-0.2, -0.15) is 0 Å². The topological polar surface area (TPSA) is 109 Å². The molecule has 0 atom stereocenters. The Morgan fingerprint density at radius 3 is 2.95 bits per heavy atom. The number of aromatic nitrogens is 3. The number of carbonyl (C=O) groups excluding carboxylic acids is 1. The van der Waals surface area contributed by atoms with Gasteiger partial charge in [-0.25, -0.2) is 9.48 Å². The van der Waals surface area contributed by atoms with Crippen molar-refractivity contribution < 1.29 is 14.7 Å². The molecule has 1 aromatic rings. The van der Waals surface area contributed by atoms with Gasteiger partial charge in [-0.15, -0.1) is 5.10 Å². The largest absolute Gasteiger partial charge is 0.480 e. The third-order valence-electron chi connectivity index (χ3n) is 2.15. The van der Waals surface area contributed by atoms with E-state index < -0.39 is 5.97 Å². The number of rotatable bonds is 7. The van der Waals surface area contributed by atoms with Crippen LogP contribution in [0.5, 0.6) is 0 Å². The second kappa shape index (κ2) is 7.85. The summed E-state index contributed by atoms with van der Waals surface area (Å²) >= 11 is 0. The molecule has 0 bridgehead atoms. The Hall–Kier alpha value is -2.38. The molecule has 8 heteroatoms. The number of carboxylic acids is 1. The first-order valence-corrected chi connectivity index (χ1v) is 5.85. The van der Waals surface area contributed by atoms with Crippen molar-refractivity contribution in [3.63, 3.8) is 0 Å². The molecule has 3 N–H and O–H groups in total.